The van der Waals surface area contributed by atoms with Crippen molar-refractivity contribution in [2.45, 2.75) is 19.0 Å². The van der Waals surface area contributed by atoms with E-state index in [-0.39, 0.29) is 18.9 Å². The van der Waals surface area contributed by atoms with Gasteiger partial charge in [-0.25, -0.2) is 0 Å². The molecule has 1 aromatic rings. The molecule has 7 heteroatoms. The van der Waals surface area contributed by atoms with Crippen LogP contribution in [0.1, 0.15) is 17.5 Å². The lowest BCUT2D eigenvalue weighted by Gasteiger charge is -2.26. The van der Waals surface area contributed by atoms with Crippen LogP contribution < -0.4 is 0 Å². The van der Waals surface area contributed by atoms with Crippen molar-refractivity contribution in [3.8, 4) is 0 Å². The highest BCUT2D eigenvalue weighted by Gasteiger charge is 2.46. The van der Waals surface area contributed by atoms with Crippen LogP contribution in [-0.4, -0.2) is 37.0 Å². The molecule has 1 amide bonds. The normalized spacial score (nSPS) is 20.8. The Morgan fingerprint density at radius 1 is 1.42 bits per heavy atom. The zero-order chi connectivity index (χ0) is 18.0. The highest BCUT2D eigenvalue weighted by atomic mass is 19.4. The van der Waals surface area contributed by atoms with Crippen molar-refractivity contribution < 1.29 is 27.5 Å². The average molecular weight is 341 g/mol. The van der Waals surface area contributed by atoms with Gasteiger partial charge >= 0.3 is 12.1 Å². The molecule has 130 valence electrons. The van der Waals surface area contributed by atoms with Crippen molar-refractivity contribution in [1.82, 2.24) is 4.90 Å². The first-order valence-corrected chi connectivity index (χ1v) is 7.38. The van der Waals surface area contributed by atoms with Crippen LogP contribution in [0.15, 0.2) is 36.9 Å². The van der Waals surface area contributed by atoms with Gasteiger partial charge < -0.3 is 9.64 Å². The molecule has 0 bridgehead atoms. The van der Waals surface area contributed by atoms with Crippen LogP contribution in [0.4, 0.5) is 13.2 Å². The van der Waals surface area contributed by atoms with Crippen LogP contribution in [0, 0.1) is 5.41 Å². The van der Waals surface area contributed by atoms with Crippen LogP contribution in [0.2, 0.25) is 0 Å². The molecular weight excluding hydrogens is 323 g/mol. The molecule has 1 atom stereocenters. The molecule has 1 aliphatic heterocycles. The van der Waals surface area contributed by atoms with Gasteiger partial charge in [-0.1, -0.05) is 24.8 Å². The van der Waals surface area contributed by atoms with Gasteiger partial charge in [0.2, 0.25) is 5.91 Å². The van der Waals surface area contributed by atoms with Gasteiger partial charge in [0.05, 0.1) is 18.1 Å². The fraction of sp³-hybridized carbons (Fsp3) is 0.412. The molecule has 2 rings (SSSR count). The Balaban J connectivity index is 2.30. The third kappa shape index (κ3) is 3.60. The number of methoxy groups -OCH3 is 1. The molecule has 0 spiro atoms. The van der Waals surface area contributed by atoms with E-state index in [1.807, 2.05) is 0 Å². The minimum Gasteiger partial charge on any atom is -0.469 e. The highest BCUT2D eigenvalue weighted by molar-refractivity contribution is 5.88. The summed E-state index contributed by atoms with van der Waals surface area (Å²) >= 11 is 0. The van der Waals surface area contributed by atoms with Crippen LogP contribution in [0.25, 0.3) is 0 Å². The lowest BCUT2D eigenvalue weighted by Crippen LogP contribution is -2.39. The second-order valence-electron chi connectivity index (χ2n) is 5.86. The van der Waals surface area contributed by atoms with E-state index in [0.717, 1.165) is 18.2 Å². The van der Waals surface area contributed by atoms with Gasteiger partial charge in [0, 0.05) is 13.1 Å². The number of likely N-dealkylation sites (tertiary alicyclic amines) is 1. The molecule has 1 aromatic carbocycles. The number of hydrogen-bond donors (Lipinski definition) is 0. The number of nitrogens with zero attached hydrogens (tertiary/aromatic N) is 1. The second kappa shape index (κ2) is 6.67. The van der Waals surface area contributed by atoms with Crippen LogP contribution in [0.3, 0.4) is 0 Å². The molecule has 0 aromatic heterocycles. The number of amides is 1. The van der Waals surface area contributed by atoms with E-state index in [9.17, 15) is 22.8 Å². The van der Waals surface area contributed by atoms with E-state index in [2.05, 4.69) is 6.58 Å². The zero-order valence-corrected chi connectivity index (χ0v) is 13.2. The maximum absolute atomic E-state index is 12.9. The largest absolute Gasteiger partial charge is 0.469 e. The first-order valence-electron chi connectivity index (χ1n) is 7.38. The van der Waals surface area contributed by atoms with Crippen molar-refractivity contribution in [2.24, 2.45) is 5.41 Å². The minimum absolute atomic E-state index is 0.0739. The molecule has 0 saturated carbocycles. The van der Waals surface area contributed by atoms with Gasteiger partial charge in [-0.15, -0.1) is 0 Å². The summed E-state index contributed by atoms with van der Waals surface area (Å²) in [6.45, 7) is 3.84. The molecule has 0 N–H and O–H groups in total. The molecule has 24 heavy (non-hydrogen) atoms. The van der Waals surface area contributed by atoms with Gasteiger partial charge in [-0.2, -0.15) is 13.2 Å². The third-order valence-corrected chi connectivity index (χ3v) is 4.26. The first-order chi connectivity index (χ1) is 11.2. The van der Waals surface area contributed by atoms with E-state index < -0.39 is 23.1 Å². The van der Waals surface area contributed by atoms with Gasteiger partial charge in [0.1, 0.15) is 0 Å². The summed E-state index contributed by atoms with van der Waals surface area (Å²) in [7, 11) is 1.23. The Morgan fingerprint density at radius 3 is 2.71 bits per heavy atom. The summed E-state index contributed by atoms with van der Waals surface area (Å²) in [6, 6.07) is 4.86. The molecule has 1 aliphatic rings. The SMILES string of the molecule is C=CC(=O)N1CCC(Cc2cccc(C(F)(F)F)c2)(C(=O)OC)C1. The number of alkyl halides is 3. The molecule has 1 heterocycles. The molecule has 0 aliphatic carbocycles. The van der Waals surface area contributed by atoms with Crippen molar-refractivity contribution in [3.05, 3.63) is 48.0 Å². The molecule has 1 unspecified atom stereocenters. The van der Waals surface area contributed by atoms with Crippen LogP contribution in [0.5, 0.6) is 0 Å². The predicted octanol–water partition coefficient (Wildman–Crippen LogP) is 2.83. The van der Waals surface area contributed by atoms with Gasteiger partial charge in [-0.3, -0.25) is 9.59 Å². The summed E-state index contributed by atoms with van der Waals surface area (Å²) in [5, 5.41) is 0. The number of halogens is 3. The number of benzene rings is 1. The van der Waals surface area contributed by atoms with Crippen LogP contribution >= 0.6 is 0 Å². The molecule has 1 saturated heterocycles. The summed E-state index contributed by atoms with van der Waals surface area (Å²) in [5.41, 5.74) is -1.43. The average Bonchev–Trinajstić information content (AvgIpc) is 2.98. The Bertz CT molecular complexity index is 657. The standard InChI is InChI=1S/C17H18F3NO3/c1-3-14(22)21-8-7-16(11-21,15(23)24-2)10-12-5-4-6-13(9-12)17(18,19)20/h3-6,9H,1,7-8,10-11H2,2H3. The third-order valence-electron chi connectivity index (χ3n) is 4.26. The lowest BCUT2D eigenvalue weighted by molar-refractivity contribution is -0.152. The summed E-state index contributed by atoms with van der Waals surface area (Å²) in [4.78, 5) is 25.5. The number of ether oxygens (including phenoxy) is 1. The van der Waals surface area contributed by atoms with Crippen molar-refractivity contribution in [1.29, 1.82) is 0 Å². The zero-order valence-electron chi connectivity index (χ0n) is 13.2. The maximum atomic E-state index is 12.9. The van der Waals surface area contributed by atoms with Gasteiger partial charge in [0.15, 0.2) is 0 Å². The number of hydrogen-bond acceptors (Lipinski definition) is 3. The quantitative estimate of drug-likeness (QED) is 0.625. The van der Waals surface area contributed by atoms with E-state index in [0.29, 0.717) is 18.5 Å². The van der Waals surface area contributed by atoms with E-state index in [1.54, 1.807) is 0 Å². The summed E-state index contributed by atoms with van der Waals surface area (Å²) in [5.74, 6) is -0.843. The Labute approximate surface area is 137 Å². The number of carbonyl (C=O) groups excluding carboxylic acids is 2. The topological polar surface area (TPSA) is 46.6 Å². The van der Waals surface area contributed by atoms with E-state index >= 15 is 0 Å². The summed E-state index contributed by atoms with van der Waals surface area (Å²) < 4.78 is 43.4. The smallest absolute Gasteiger partial charge is 0.416 e. The predicted molar refractivity (Wildman–Crippen MR) is 81.0 cm³/mol. The Morgan fingerprint density at radius 2 is 2.12 bits per heavy atom. The van der Waals surface area contributed by atoms with Crippen molar-refractivity contribution in [2.75, 3.05) is 20.2 Å². The second-order valence-corrected chi connectivity index (χ2v) is 5.86. The van der Waals surface area contributed by atoms with Gasteiger partial charge in [0.25, 0.3) is 0 Å². The highest BCUT2D eigenvalue weighted by Crippen LogP contribution is 2.37. The molecule has 0 radical (unpaired) electrons. The minimum atomic E-state index is -4.45. The first kappa shape index (κ1) is 18.0. The van der Waals surface area contributed by atoms with Gasteiger partial charge in [-0.05, 0) is 30.5 Å². The van der Waals surface area contributed by atoms with E-state index in [1.165, 1.54) is 24.1 Å². The van der Waals surface area contributed by atoms with Crippen molar-refractivity contribution >= 4 is 11.9 Å². The number of esters is 1. The van der Waals surface area contributed by atoms with Crippen LogP contribution in [-0.2, 0) is 26.9 Å². The Hall–Kier alpha value is -2.31. The lowest BCUT2D eigenvalue weighted by atomic mass is 9.80. The fourth-order valence-electron chi connectivity index (χ4n) is 3.04. The Kier molecular flexibility index (Phi) is 5.01. The van der Waals surface area contributed by atoms with E-state index in [4.69, 9.17) is 4.74 Å². The fourth-order valence-corrected chi connectivity index (χ4v) is 3.04. The molecule has 1 fully saturated rings. The number of carbonyl (C=O) groups is 2. The van der Waals surface area contributed by atoms with Crippen molar-refractivity contribution in [3.63, 3.8) is 0 Å². The number of rotatable bonds is 4. The maximum Gasteiger partial charge on any atom is 0.416 e. The monoisotopic (exact) mass is 341 g/mol. The molecular formula is C17H18F3NO3. The summed E-state index contributed by atoms with van der Waals surface area (Å²) in [6.07, 6.45) is -2.90. The molecule has 4 nitrogen and oxygen atoms in total.